The van der Waals surface area contributed by atoms with Crippen molar-refractivity contribution >= 4 is 23.3 Å². The Morgan fingerprint density at radius 3 is 2.26 bits per heavy atom. The molecule has 1 amide bonds. The molecule has 5 heteroatoms. The number of carbonyl (C=O) groups is 2. The number of hydrogen-bond acceptors (Lipinski definition) is 3. The molecule has 104 valence electrons. The average molecular weight is 264 g/mol. The molecule has 0 radical (unpaired) electrons. The third kappa shape index (κ3) is 3.71. The van der Waals surface area contributed by atoms with Crippen LogP contribution in [0.2, 0.25) is 0 Å². The number of nitrogens with zero attached hydrogens (tertiary/aromatic N) is 1. The van der Waals surface area contributed by atoms with Gasteiger partial charge in [-0.05, 0) is 12.1 Å². The predicted octanol–water partition coefficient (Wildman–Crippen LogP) is 2.05. The van der Waals surface area contributed by atoms with Crippen LogP contribution in [-0.4, -0.2) is 31.1 Å². The zero-order chi connectivity index (χ0) is 14.6. The Morgan fingerprint density at radius 2 is 1.74 bits per heavy atom. The SMILES string of the molecule is CC(C(=O)O)C(C)C(=O)Nc1ccccc1N(C)C. The molecule has 5 nitrogen and oxygen atoms in total. The van der Waals surface area contributed by atoms with Crippen LogP contribution in [0.25, 0.3) is 0 Å². The van der Waals surface area contributed by atoms with E-state index in [4.69, 9.17) is 5.11 Å². The van der Waals surface area contributed by atoms with Crippen molar-refractivity contribution in [2.75, 3.05) is 24.3 Å². The standard InChI is InChI=1S/C14H20N2O3/c1-9(10(2)14(18)19)13(17)15-11-7-5-6-8-12(11)16(3)4/h5-10H,1-4H3,(H,15,17)(H,18,19). The van der Waals surface area contributed by atoms with Gasteiger partial charge in [-0.1, -0.05) is 26.0 Å². The number of benzene rings is 1. The van der Waals surface area contributed by atoms with Gasteiger partial charge in [-0.2, -0.15) is 0 Å². The van der Waals surface area contributed by atoms with E-state index in [0.717, 1.165) is 5.69 Å². The highest BCUT2D eigenvalue weighted by Gasteiger charge is 2.26. The highest BCUT2D eigenvalue weighted by atomic mass is 16.4. The highest BCUT2D eigenvalue weighted by molar-refractivity contribution is 5.97. The van der Waals surface area contributed by atoms with Crippen molar-refractivity contribution in [3.05, 3.63) is 24.3 Å². The van der Waals surface area contributed by atoms with E-state index in [1.54, 1.807) is 13.0 Å². The first kappa shape index (κ1) is 15.0. The Kier molecular flexibility index (Phi) is 4.92. The molecule has 0 aliphatic carbocycles. The molecule has 0 spiro atoms. The molecule has 2 N–H and O–H groups in total. The van der Waals surface area contributed by atoms with E-state index in [-0.39, 0.29) is 5.91 Å². The molecule has 0 fully saturated rings. The molecular formula is C14H20N2O3. The molecule has 0 saturated heterocycles. The van der Waals surface area contributed by atoms with Gasteiger partial charge in [-0.15, -0.1) is 0 Å². The number of carboxylic acids is 1. The number of nitrogens with one attached hydrogen (secondary N) is 1. The summed E-state index contributed by atoms with van der Waals surface area (Å²) in [4.78, 5) is 24.8. The van der Waals surface area contributed by atoms with Crippen LogP contribution in [-0.2, 0) is 9.59 Å². The lowest BCUT2D eigenvalue weighted by atomic mass is 9.95. The Hall–Kier alpha value is -2.04. The van der Waals surface area contributed by atoms with E-state index < -0.39 is 17.8 Å². The van der Waals surface area contributed by atoms with Gasteiger partial charge in [-0.3, -0.25) is 9.59 Å². The molecule has 0 aromatic heterocycles. The van der Waals surface area contributed by atoms with Gasteiger partial charge < -0.3 is 15.3 Å². The van der Waals surface area contributed by atoms with Crippen molar-refractivity contribution in [2.24, 2.45) is 11.8 Å². The summed E-state index contributed by atoms with van der Waals surface area (Å²) in [5.41, 5.74) is 1.56. The number of anilines is 2. The summed E-state index contributed by atoms with van der Waals surface area (Å²) in [6.45, 7) is 3.15. The summed E-state index contributed by atoms with van der Waals surface area (Å²) in [6, 6.07) is 7.40. The average Bonchev–Trinajstić information content (AvgIpc) is 2.37. The zero-order valence-corrected chi connectivity index (χ0v) is 11.7. The van der Waals surface area contributed by atoms with E-state index in [1.807, 2.05) is 37.2 Å². The molecule has 0 aliphatic heterocycles. The van der Waals surface area contributed by atoms with Crippen molar-refractivity contribution in [1.82, 2.24) is 0 Å². The van der Waals surface area contributed by atoms with Crippen molar-refractivity contribution in [1.29, 1.82) is 0 Å². The number of carboxylic acid groups (broad SMARTS) is 1. The first-order valence-electron chi connectivity index (χ1n) is 6.14. The monoisotopic (exact) mass is 264 g/mol. The van der Waals surface area contributed by atoms with E-state index in [2.05, 4.69) is 5.32 Å². The van der Waals surface area contributed by atoms with Crippen LogP contribution >= 0.6 is 0 Å². The lowest BCUT2D eigenvalue weighted by Gasteiger charge is -2.20. The minimum Gasteiger partial charge on any atom is -0.481 e. The predicted molar refractivity (Wildman–Crippen MR) is 75.4 cm³/mol. The molecule has 0 bridgehead atoms. The molecule has 0 saturated carbocycles. The van der Waals surface area contributed by atoms with Crippen LogP contribution in [0.4, 0.5) is 11.4 Å². The minimum absolute atomic E-state index is 0.288. The molecular weight excluding hydrogens is 244 g/mol. The number of para-hydroxylation sites is 2. The molecule has 0 aliphatic rings. The summed E-state index contributed by atoms with van der Waals surface area (Å²) >= 11 is 0. The van der Waals surface area contributed by atoms with Gasteiger partial charge in [0, 0.05) is 20.0 Å². The Balaban J connectivity index is 2.85. The number of carbonyl (C=O) groups excluding carboxylic acids is 1. The van der Waals surface area contributed by atoms with E-state index >= 15 is 0 Å². The second-order valence-corrected chi connectivity index (χ2v) is 4.82. The molecule has 2 atom stereocenters. The van der Waals surface area contributed by atoms with Gasteiger partial charge in [0.1, 0.15) is 0 Å². The van der Waals surface area contributed by atoms with E-state index in [1.165, 1.54) is 6.92 Å². The van der Waals surface area contributed by atoms with Crippen molar-refractivity contribution in [3.63, 3.8) is 0 Å². The maximum atomic E-state index is 12.0. The lowest BCUT2D eigenvalue weighted by Crippen LogP contribution is -2.30. The second kappa shape index (κ2) is 6.22. The van der Waals surface area contributed by atoms with Crippen molar-refractivity contribution in [2.45, 2.75) is 13.8 Å². The first-order chi connectivity index (χ1) is 8.84. The summed E-state index contributed by atoms with van der Waals surface area (Å²) in [6.07, 6.45) is 0. The van der Waals surface area contributed by atoms with Crippen LogP contribution in [0.3, 0.4) is 0 Å². The third-order valence-corrected chi connectivity index (χ3v) is 3.20. The molecule has 2 unspecified atom stereocenters. The molecule has 1 aromatic carbocycles. The Labute approximate surface area is 113 Å². The molecule has 19 heavy (non-hydrogen) atoms. The number of aliphatic carboxylic acids is 1. The fourth-order valence-corrected chi connectivity index (χ4v) is 1.66. The van der Waals surface area contributed by atoms with Crippen molar-refractivity contribution < 1.29 is 14.7 Å². The molecule has 0 heterocycles. The smallest absolute Gasteiger partial charge is 0.307 e. The summed E-state index contributed by atoms with van der Waals surface area (Å²) in [5.74, 6) is -2.56. The van der Waals surface area contributed by atoms with Gasteiger partial charge in [0.2, 0.25) is 5.91 Å². The fraction of sp³-hybridized carbons (Fsp3) is 0.429. The van der Waals surface area contributed by atoms with Crippen molar-refractivity contribution in [3.8, 4) is 0 Å². The number of hydrogen-bond donors (Lipinski definition) is 2. The molecule has 1 aromatic rings. The van der Waals surface area contributed by atoms with Crippen LogP contribution in [0.5, 0.6) is 0 Å². The van der Waals surface area contributed by atoms with E-state index in [0.29, 0.717) is 5.69 Å². The normalized spacial score (nSPS) is 13.5. The summed E-state index contributed by atoms with van der Waals surface area (Å²) in [5, 5.41) is 11.7. The van der Waals surface area contributed by atoms with Crippen LogP contribution in [0, 0.1) is 11.8 Å². The summed E-state index contributed by atoms with van der Waals surface area (Å²) in [7, 11) is 3.77. The fourth-order valence-electron chi connectivity index (χ4n) is 1.66. The number of rotatable bonds is 5. The quantitative estimate of drug-likeness (QED) is 0.854. The van der Waals surface area contributed by atoms with Gasteiger partial charge in [0.15, 0.2) is 0 Å². The first-order valence-corrected chi connectivity index (χ1v) is 6.14. The summed E-state index contributed by atoms with van der Waals surface area (Å²) < 4.78 is 0. The highest BCUT2D eigenvalue weighted by Crippen LogP contribution is 2.24. The molecule has 1 rings (SSSR count). The zero-order valence-electron chi connectivity index (χ0n) is 11.7. The second-order valence-electron chi connectivity index (χ2n) is 4.82. The van der Waals surface area contributed by atoms with Crippen LogP contribution in [0.1, 0.15) is 13.8 Å². The number of amides is 1. The van der Waals surface area contributed by atoms with Gasteiger partial charge in [0.05, 0.1) is 17.3 Å². The van der Waals surface area contributed by atoms with Gasteiger partial charge in [0.25, 0.3) is 0 Å². The maximum Gasteiger partial charge on any atom is 0.307 e. The topological polar surface area (TPSA) is 69.6 Å². The Morgan fingerprint density at radius 1 is 1.16 bits per heavy atom. The lowest BCUT2D eigenvalue weighted by molar-refractivity contribution is -0.145. The van der Waals surface area contributed by atoms with E-state index in [9.17, 15) is 9.59 Å². The largest absolute Gasteiger partial charge is 0.481 e. The maximum absolute atomic E-state index is 12.0. The Bertz CT molecular complexity index is 472. The van der Waals surface area contributed by atoms with Crippen LogP contribution in [0.15, 0.2) is 24.3 Å². The van der Waals surface area contributed by atoms with Crippen LogP contribution < -0.4 is 10.2 Å². The van der Waals surface area contributed by atoms with Gasteiger partial charge >= 0.3 is 5.97 Å². The third-order valence-electron chi connectivity index (χ3n) is 3.20. The minimum atomic E-state index is -0.969. The van der Waals surface area contributed by atoms with Gasteiger partial charge in [-0.25, -0.2) is 0 Å².